The van der Waals surface area contributed by atoms with Gasteiger partial charge in [-0.3, -0.25) is 9.80 Å². The number of likely N-dealkylation sites (tertiary alicyclic amines) is 2. The Morgan fingerprint density at radius 2 is 1.81 bits per heavy atom. The highest BCUT2D eigenvalue weighted by Crippen LogP contribution is 2.54. The van der Waals surface area contributed by atoms with E-state index in [1.807, 2.05) is 12.4 Å². The van der Waals surface area contributed by atoms with Gasteiger partial charge in [-0.2, -0.15) is 0 Å². The van der Waals surface area contributed by atoms with Gasteiger partial charge >= 0.3 is 0 Å². The standard InChI is InChI=1S/C21H26N4O/c26-12-19-20(18-4-2-1-3-5-18)21(13-24(14-21)10-16-6-7-16)25(19)11-17-8-22-15-23-9-17/h1-5,8-9,15-16,19-20,26H,6-7,10-14H2/t19-,20+/m1/s1. The Hall–Kier alpha value is -1.82. The lowest BCUT2D eigenvalue weighted by Crippen LogP contribution is -2.84. The summed E-state index contributed by atoms with van der Waals surface area (Å²) in [7, 11) is 0. The van der Waals surface area contributed by atoms with Crippen molar-refractivity contribution in [2.24, 2.45) is 5.92 Å². The van der Waals surface area contributed by atoms with Crippen LogP contribution < -0.4 is 0 Å². The molecule has 1 saturated carbocycles. The summed E-state index contributed by atoms with van der Waals surface area (Å²) >= 11 is 0. The van der Waals surface area contributed by atoms with E-state index in [1.54, 1.807) is 6.33 Å². The van der Waals surface area contributed by atoms with E-state index < -0.39 is 0 Å². The molecular formula is C21H26N4O. The van der Waals surface area contributed by atoms with Gasteiger partial charge in [0, 0.05) is 56.1 Å². The molecule has 5 rings (SSSR count). The van der Waals surface area contributed by atoms with E-state index in [9.17, 15) is 5.11 Å². The lowest BCUT2D eigenvalue weighted by molar-refractivity contribution is -0.196. The summed E-state index contributed by atoms with van der Waals surface area (Å²) in [6.07, 6.45) is 8.16. The minimum Gasteiger partial charge on any atom is -0.395 e. The van der Waals surface area contributed by atoms with Gasteiger partial charge in [-0.05, 0) is 24.3 Å². The van der Waals surface area contributed by atoms with Crippen molar-refractivity contribution < 1.29 is 5.11 Å². The largest absolute Gasteiger partial charge is 0.395 e. The number of aliphatic hydroxyl groups is 1. The molecule has 136 valence electrons. The fourth-order valence-corrected chi connectivity index (χ4v) is 5.15. The van der Waals surface area contributed by atoms with Crippen molar-refractivity contribution in [2.75, 3.05) is 26.2 Å². The lowest BCUT2D eigenvalue weighted by Gasteiger charge is -2.71. The van der Waals surface area contributed by atoms with E-state index in [0.717, 1.165) is 31.1 Å². The van der Waals surface area contributed by atoms with Crippen LogP contribution in [0.2, 0.25) is 0 Å². The van der Waals surface area contributed by atoms with Crippen LogP contribution in [0, 0.1) is 5.92 Å². The third-order valence-electron chi connectivity index (χ3n) is 6.46. The van der Waals surface area contributed by atoms with Crippen molar-refractivity contribution >= 4 is 0 Å². The number of nitrogens with zero attached hydrogens (tertiary/aromatic N) is 4. The molecule has 0 unspecified atom stereocenters. The average molecular weight is 350 g/mol. The van der Waals surface area contributed by atoms with Crippen molar-refractivity contribution in [3.63, 3.8) is 0 Å². The van der Waals surface area contributed by atoms with Crippen molar-refractivity contribution in [1.82, 2.24) is 19.8 Å². The number of benzene rings is 1. The highest BCUT2D eigenvalue weighted by atomic mass is 16.3. The second-order valence-corrected chi connectivity index (χ2v) is 8.23. The maximum absolute atomic E-state index is 10.2. The van der Waals surface area contributed by atoms with Crippen molar-refractivity contribution in [1.29, 1.82) is 0 Å². The first-order valence-electron chi connectivity index (χ1n) is 9.69. The van der Waals surface area contributed by atoms with Crippen LogP contribution in [0.25, 0.3) is 0 Å². The SMILES string of the molecule is OC[C@@H]1[C@H](c2ccccc2)C2(CN(CC3CC3)C2)N1Cc1cncnc1. The van der Waals surface area contributed by atoms with Crippen molar-refractivity contribution in [3.05, 3.63) is 60.2 Å². The van der Waals surface area contributed by atoms with Crippen LogP contribution in [0.1, 0.15) is 29.9 Å². The molecule has 26 heavy (non-hydrogen) atoms. The maximum atomic E-state index is 10.2. The molecule has 1 spiro atoms. The molecule has 0 bridgehead atoms. The first kappa shape index (κ1) is 16.4. The third-order valence-corrected chi connectivity index (χ3v) is 6.46. The van der Waals surface area contributed by atoms with E-state index in [0.29, 0.717) is 5.92 Å². The second kappa shape index (κ2) is 6.41. The molecule has 1 aliphatic carbocycles. The van der Waals surface area contributed by atoms with Crippen LogP contribution in [-0.2, 0) is 6.54 Å². The Morgan fingerprint density at radius 1 is 1.08 bits per heavy atom. The summed E-state index contributed by atoms with van der Waals surface area (Å²) in [5.41, 5.74) is 2.62. The highest BCUT2D eigenvalue weighted by Gasteiger charge is 2.65. The average Bonchev–Trinajstić information content (AvgIpc) is 3.46. The molecule has 0 radical (unpaired) electrons. The predicted molar refractivity (Wildman–Crippen MR) is 99.5 cm³/mol. The van der Waals surface area contributed by atoms with Gasteiger partial charge in [0.15, 0.2) is 0 Å². The summed E-state index contributed by atoms with van der Waals surface area (Å²) in [6.45, 7) is 4.46. The van der Waals surface area contributed by atoms with Gasteiger partial charge < -0.3 is 5.11 Å². The monoisotopic (exact) mass is 350 g/mol. The van der Waals surface area contributed by atoms with Gasteiger partial charge in [0.1, 0.15) is 6.33 Å². The van der Waals surface area contributed by atoms with Gasteiger partial charge in [0.2, 0.25) is 0 Å². The Kier molecular flexibility index (Phi) is 4.03. The molecule has 1 aromatic heterocycles. The topological polar surface area (TPSA) is 52.5 Å². The van der Waals surface area contributed by atoms with E-state index in [2.05, 4.69) is 50.1 Å². The number of hydrogen-bond donors (Lipinski definition) is 1. The number of aromatic nitrogens is 2. The van der Waals surface area contributed by atoms with E-state index in [4.69, 9.17) is 0 Å². The maximum Gasteiger partial charge on any atom is 0.115 e. The summed E-state index contributed by atoms with van der Waals surface area (Å²) in [4.78, 5) is 13.4. The van der Waals surface area contributed by atoms with Gasteiger partial charge in [-0.1, -0.05) is 30.3 Å². The van der Waals surface area contributed by atoms with Crippen LogP contribution in [-0.4, -0.2) is 62.7 Å². The zero-order valence-corrected chi connectivity index (χ0v) is 15.0. The molecule has 2 aromatic rings. The molecule has 5 nitrogen and oxygen atoms in total. The van der Waals surface area contributed by atoms with E-state index >= 15 is 0 Å². The summed E-state index contributed by atoms with van der Waals surface area (Å²) in [5, 5.41) is 10.2. The highest BCUT2D eigenvalue weighted by molar-refractivity contribution is 5.36. The lowest BCUT2D eigenvalue weighted by atomic mass is 9.60. The smallest absolute Gasteiger partial charge is 0.115 e. The fourth-order valence-electron chi connectivity index (χ4n) is 5.15. The van der Waals surface area contributed by atoms with Crippen LogP contribution in [0.5, 0.6) is 0 Å². The van der Waals surface area contributed by atoms with Crippen molar-refractivity contribution in [3.8, 4) is 0 Å². The number of hydrogen-bond acceptors (Lipinski definition) is 5. The van der Waals surface area contributed by atoms with Crippen LogP contribution in [0.15, 0.2) is 49.1 Å². The fraction of sp³-hybridized carbons (Fsp3) is 0.524. The molecular weight excluding hydrogens is 324 g/mol. The Bertz CT molecular complexity index is 743. The Labute approximate surface area is 154 Å². The van der Waals surface area contributed by atoms with Gasteiger partial charge in [-0.25, -0.2) is 9.97 Å². The van der Waals surface area contributed by atoms with Crippen LogP contribution >= 0.6 is 0 Å². The quantitative estimate of drug-likeness (QED) is 0.862. The normalized spacial score (nSPS) is 27.9. The summed E-state index contributed by atoms with van der Waals surface area (Å²) in [6, 6.07) is 10.9. The minimum atomic E-state index is 0.138. The van der Waals surface area contributed by atoms with Crippen molar-refractivity contribution in [2.45, 2.75) is 36.9 Å². The molecule has 3 heterocycles. The Balaban J connectivity index is 1.41. The van der Waals surface area contributed by atoms with E-state index in [-0.39, 0.29) is 18.2 Å². The molecule has 3 fully saturated rings. The van der Waals surface area contributed by atoms with Crippen LogP contribution in [0.4, 0.5) is 0 Å². The molecule has 3 aliphatic rings. The molecule has 5 heteroatoms. The predicted octanol–water partition coefficient (Wildman–Crippen LogP) is 1.90. The van der Waals surface area contributed by atoms with Crippen LogP contribution in [0.3, 0.4) is 0 Å². The van der Waals surface area contributed by atoms with Gasteiger partial charge in [-0.15, -0.1) is 0 Å². The zero-order chi connectivity index (χ0) is 17.6. The molecule has 1 aromatic carbocycles. The minimum absolute atomic E-state index is 0.138. The third kappa shape index (κ3) is 2.66. The van der Waals surface area contributed by atoms with E-state index in [1.165, 1.54) is 24.9 Å². The molecule has 1 N–H and O–H groups in total. The second-order valence-electron chi connectivity index (χ2n) is 8.23. The number of aliphatic hydroxyl groups excluding tert-OH is 1. The first-order valence-corrected chi connectivity index (χ1v) is 9.69. The first-order chi connectivity index (χ1) is 12.8. The molecule has 0 amide bonds. The molecule has 2 atom stereocenters. The summed E-state index contributed by atoms with van der Waals surface area (Å²) < 4.78 is 0. The number of rotatable bonds is 6. The summed E-state index contributed by atoms with van der Waals surface area (Å²) in [5.74, 6) is 1.32. The van der Waals surface area contributed by atoms with Gasteiger partial charge in [0.25, 0.3) is 0 Å². The zero-order valence-electron chi connectivity index (χ0n) is 15.0. The molecule has 2 aliphatic heterocycles. The van der Waals surface area contributed by atoms with Gasteiger partial charge in [0.05, 0.1) is 12.1 Å². The molecule has 2 saturated heterocycles. The Morgan fingerprint density at radius 3 is 2.46 bits per heavy atom.